The number of ether oxygens (including phenoxy) is 1. The van der Waals surface area contributed by atoms with Crippen LogP contribution in [0.3, 0.4) is 0 Å². The topological polar surface area (TPSA) is 160 Å². The maximum atomic E-state index is 15.8. The summed E-state index contributed by atoms with van der Waals surface area (Å²) in [4.78, 5) is 67.4. The predicted molar refractivity (Wildman–Crippen MR) is 165 cm³/mol. The van der Waals surface area contributed by atoms with E-state index in [9.17, 15) is 33.5 Å². The molecule has 2 aromatic heterocycles. The number of piperazine rings is 1. The van der Waals surface area contributed by atoms with Crippen LogP contribution in [0.1, 0.15) is 52.2 Å². The predicted octanol–water partition coefficient (Wildman–Crippen LogP) is 2.38. The van der Waals surface area contributed by atoms with Gasteiger partial charge < -0.3 is 24.2 Å². The number of hydrogen-bond acceptors (Lipinski definition) is 9. The SMILES string of the molecule is COc1c(N2CCN(C(=O)Cn3cc(CN4C(=O)C(=O)c5cccc(F)c54)nn3)C(C)C2)c(F)cc2c(=O)c(C(=O)O)cn(C3CC3)c12. The number of ketones is 1. The van der Waals surface area contributed by atoms with Crippen molar-refractivity contribution in [2.45, 2.75) is 44.9 Å². The third kappa shape index (κ3) is 5.03. The number of carboxylic acids is 1. The largest absolute Gasteiger partial charge is 0.492 e. The molecule has 1 saturated heterocycles. The second-order valence-electron chi connectivity index (χ2n) is 12.1. The highest BCUT2D eigenvalue weighted by molar-refractivity contribution is 6.52. The van der Waals surface area contributed by atoms with Crippen LogP contribution in [0.15, 0.2) is 41.5 Å². The lowest BCUT2D eigenvalue weighted by atomic mass is 10.1. The van der Waals surface area contributed by atoms with E-state index in [-0.39, 0.29) is 84.5 Å². The van der Waals surface area contributed by atoms with Crippen molar-refractivity contribution in [2.24, 2.45) is 0 Å². The molecule has 4 aromatic rings. The highest BCUT2D eigenvalue weighted by Gasteiger charge is 2.39. The van der Waals surface area contributed by atoms with E-state index < -0.39 is 40.3 Å². The normalized spacial score (nSPS) is 17.8. The van der Waals surface area contributed by atoms with Crippen LogP contribution in [0.5, 0.6) is 5.75 Å². The number of nitrogens with zero attached hydrogens (tertiary/aromatic N) is 7. The van der Waals surface area contributed by atoms with Gasteiger partial charge in [0.2, 0.25) is 11.3 Å². The number of anilines is 2. The van der Waals surface area contributed by atoms with Gasteiger partial charge in [0, 0.05) is 37.9 Å². The molecule has 2 aliphatic heterocycles. The van der Waals surface area contributed by atoms with E-state index in [4.69, 9.17) is 4.74 Å². The van der Waals surface area contributed by atoms with Crippen molar-refractivity contribution in [3.8, 4) is 5.75 Å². The van der Waals surface area contributed by atoms with Crippen LogP contribution in [0.4, 0.5) is 20.2 Å². The first-order valence-electron chi connectivity index (χ1n) is 15.2. The van der Waals surface area contributed by atoms with Crippen LogP contribution in [-0.4, -0.2) is 85.9 Å². The van der Waals surface area contributed by atoms with Gasteiger partial charge in [0.1, 0.15) is 29.3 Å². The Morgan fingerprint density at radius 2 is 1.83 bits per heavy atom. The zero-order valence-corrected chi connectivity index (χ0v) is 25.9. The standard InChI is InChI=1S/C32H29F2N7O7/c1-16-11-37(27-23(34)10-20-26(30(27)48-2)40(18-6-7-18)14-21(28(20)43)32(46)47)8-9-39(16)24(42)15-38-12-17(35-36-38)13-41-25-19(29(44)31(41)45)4-3-5-22(25)33/h3-5,10,12,14,16,18H,6-9,11,13,15H2,1-2H3,(H,46,47). The second-order valence-corrected chi connectivity index (χ2v) is 12.1. The Morgan fingerprint density at radius 1 is 1.06 bits per heavy atom. The van der Waals surface area contributed by atoms with Crippen LogP contribution in [0.25, 0.3) is 10.9 Å². The maximum Gasteiger partial charge on any atom is 0.341 e. The smallest absolute Gasteiger partial charge is 0.341 e. The Labute approximate surface area is 270 Å². The quantitative estimate of drug-likeness (QED) is 0.278. The summed E-state index contributed by atoms with van der Waals surface area (Å²) in [6.07, 6.45) is 4.30. The molecule has 0 radical (unpaired) electrons. The number of fused-ring (bicyclic) bond motifs is 2. The van der Waals surface area contributed by atoms with E-state index in [1.807, 2.05) is 6.92 Å². The molecule has 7 rings (SSSR count). The first-order valence-corrected chi connectivity index (χ1v) is 15.2. The molecule has 16 heteroatoms. The van der Waals surface area contributed by atoms with Crippen molar-refractivity contribution in [1.82, 2.24) is 24.5 Å². The highest BCUT2D eigenvalue weighted by atomic mass is 19.1. The molecule has 2 aromatic carbocycles. The fourth-order valence-electron chi connectivity index (χ4n) is 6.60. The fraction of sp³-hybridized carbons (Fsp3) is 0.344. The Hall–Kier alpha value is -5.67. The molecule has 0 bridgehead atoms. The van der Waals surface area contributed by atoms with Gasteiger partial charge in [-0.25, -0.2) is 18.3 Å². The summed E-state index contributed by atoms with van der Waals surface area (Å²) in [6.45, 7) is 2.08. The van der Waals surface area contributed by atoms with Crippen molar-refractivity contribution in [2.75, 3.05) is 36.5 Å². The molecular weight excluding hydrogens is 632 g/mol. The summed E-state index contributed by atoms with van der Waals surface area (Å²) in [5.74, 6) is -4.72. The summed E-state index contributed by atoms with van der Waals surface area (Å²) in [6, 6.07) is 4.52. The van der Waals surface area contributed by atoms with Gasteiger partial charge in [0.25, 0.3) is 11.7 Å². The molecule has 248 valence electrons. The van der Waals surface area contributed by atoms with Crippen molar-refractivity contribution < 1.29 is 37.8 Å². The fourth-order valence-corrected chi connectivity index (χ4v) is 6.60. The lowest BCUT2D eigenvalue weighted by Gasteiger charge is -2.41. The van der Waals surface area contributed by atoms with E-state index in [2.05, 4.69) is 10.3 Å². The number of amides is 2. The number of para-hydroxylation sites is 1. The van der Waals surface area contributed by atoms with Crippen LogP contribution in [0.2, 0.25) is 0 Å². The number of methoxy groups -OCH3 is 1. The first-order chi connectivity index (χ1) is 23.0. The Kier molecular flexibility index (Phi) is 7.44. The molecule has 3 aliphatic rings. The Morgan fingerprint density at radius 3 is 2.52 bits per heavy atom. The molecule has 1 saturated carbocycles. The van der Waals surface area contributed by atoms with Crippen molar-refractivity contribution in [3.05, 3.63) is 75.3 Å². The molecule has 1 unspecified atom stereocenters. The minimum atomic E-state index is -1.39. The summed E-state index contributed by atoms with van der Waals surface area (Å²) in [5, 5.41) is 17.5. The number of hydrogen-bond donors (Lipinski definition) is 1. The van der Waals surface area contributed by atoms with E-state index >= 15 is 4.39 Å². The zero-order chi connectivity index (χ0) is 34.0. The van der Waals surface area contributed by atoms with Crippen molar-refractivity contribution in [1.29, 1.82) is 0 Å². The number of carbonyl (C=O) groups excluding carboxylic acids is 3. The molecule has 14 nitrogen and oxygen atoms in total. The van der Waals surface area contributed by atoms with E-state index in [0.717, 1.165) is 29.9 Å². The van der Waals surface area contributed by atoms with E-state index in [1.165, 1.54) is 36.3 Å². The molecule has 48 heavy (non-hydrogen) atoms. The minimum Gasteiger partial charge on any atom is -0.492 e. The van der Waals surface area contributed by atoms with E-state index in [0.29, 0.717) is 5.52 Å². The molecule has 1 aliphatic carbocycles. The number of pyridine rings is 1. The number of carboxylic acid groups (broad SMARTS) is 1. The molecule has 2 fully saturated rings. The Balaban J connectivity index is 1.08. The van der Waals surface area contributed by atoms with Gasteiger partial charge in [-0.05, 0) is 38.0 Å². The summed E-state index contributed by atoms with van der Waals surface area (Å²) in [7, 11) is 1.37. The van der Waals surface area contributed by atoms with E-state index in [1.54, 1.807) is 14.4 Å². The molecule has 4 heterocycles. The number of rotatable bonds is 8. The van der Waals surface area contributed by atoms with Crippen LogP contribution in [-0.2, 0) is 22.7 Å². The average Bonchev–Trinajstić information content (AvgIpc) is 3.76. The Bertz CT molecular complexity index is 2110. The number of Topliss-reactive ketones (excluding diaryl/α,β-unsaturated/α-hetero) is 1. The summed E-state index contributed by atoms with van der Waals surface area (Å²) >= 11 is 0. The van der Waals surface area contributed by atoms with Gasteiger partial charge in [0.15, 0.2) is 11.6 Å². The second kappa shape index (κ2) is 11.5. The number of carbonyl (C=O) groups is 4. The van der Waals surface area contributed by atoms with Crippen LogP contribution in [0, 0.1) is 11.6 Å². The average molecular weight is 662 g/mol. The van der Waals surface area contributed by atoms with Gasteiger partial charge in [-0.15, -0.1) is 5.10 Å². The van der Waals surface area contributed by atoms with Crippen molar-refractivity contribution in [3.63, 3.8) is 0 Å². The van der Waals surface area contributed by atoms with Gasteiger partial charge in [-0.3, -0.25) is 24.1 Å². The van der Waals surface area contributed by atoms with Crippen molar-refractivity contribution >= 4 is 45.8 Å². The number of halogens is 2. The zero-order valence-electron chi connectivity index (χ0n) is 25.9. The first kappa shape index (κ1) is 31.0. The lowest BCUT2D eigenvalue weighted by Crippen LogP contribution is -2.55. The summed E-state index contributed by atoms with van der Waals surface area (Å²) < 4.78 is 39.0. The highest BCUT2D eigenvalue weighted by Crippen LogP contribution is 2.44. The molecular formula is C32H29F2N7O7. The molecule has 0 spiro atoms. The molecule has 1 atom stereocenters. The maximum absolute atomic E-state index is 15.8. The number of aromatic nitrogens is 4. The van der Waals surface area contributed by atoms with Crippen LogP contribution >= 0.6 is 0 Å². The third-order valence-electron chi connectivity index (χ3n) is 8.98. The minimum absolute atomic E-state index is 0.0264. The van der Waals surface area contributed by atoms with Gasteiger partial charge in [-0.2, -0.15) is 0 Å². The van der Waals surface area contributed by atoms with Gasteiger partial charge in [-0.1, -0.05) is 11.3 Å². The molecule has 1 N–H and O–H groups in total. The van der Waals surface area contributed by atoms with Crippen LogP contribution < -0.4 is 20.0 Å². The molecule has 2 amide bonds. The number of aromatic carboxylic acids is 1. The lowest BCUT2D eigenvalue weighted by molar-refractivity contribution is -0.134. The monoisotopic (exact) mass is 661 g/mol. The number of benzene rings is 2. The third-order valence-corrected chi connectivity index (χ3v) is 8.98. The van der Waals surface area contributed by atoms with Gasteiger partial charge >= 0.3 is 5.97 Å². The summed E-state index contributed by atoms with van der Waals surface area (Å²) in [5.41, 5.74) is -0.692. The van der Waals surface area contributed by atoms with Gasteiger partial charge in [0.05, 0.1) is 42.0 Å².